The van der Waals surface area contributed by atoms with Crippen LogP contribution in [0.1, 0.15) is 26.2 Å². The first-order chi connectivity index (χ1) is 9.22. The lowest BCUT2D eigenvalue weighted by molar-refractivity contribution is -0.918. The van der Waals surface area contributed by atoms with E-state index in [0.29, 0.717) is 5.75 Å². The number of carbonyl (C=O) groups is 1. The molecule has 0 spiro atoms. The van der Waals surface area contributed by atoms with Crippen molar-refractivity contribution in [1.29, 1.82) is 0 Å². The Hall–Kier alpha value is -1.55. The third-order valence-corrected chi connectivity index (χ3v) is 3.87. The van der Waals surface area contributed by atoms with Gasteiger partial charge in [0.15, 0.2) is 6.04 Å². The van der Waals surface area contributed by atoms with Crippen molar-refractivity contribution in [2.75, 3.05) is 25.5 Å². The summed E-state index contributed by atoms with van der Waals surface area (Å²) in [6, 6.07) is 7.51. The van der Waals surface area contributed by atoms with Crippen molar-refractivity contribution in [2.45, 2.75) is 32.2 Å². The minimum Gasteiger partial charge on any atom is -0.495 e. The summed E-state index contributed by atoms with van der Waals surface area (Å²) in [4.78, 5) is 13.7. The van der Waals surface area contributed by atoms with E-state index in [1.165, 1.54) is 24.2 Å². The maximum Gasteiger partial charge on any atom is 0.282 e. The highest BCUT2D eigenvalue weighted by atomic mass is 16.5. The van der Waals surface area contributed by atoms with Gasteiger partial charge in [0.05, 0.1) is 25.9 Å². The highest BCUT2D eigenvalue weighted by Crippen LogP contribution is 2.22. The highest BCUT2D eigenvalue weighted by Gasteiger charge is 2.26. The Labute approximate surface area is 114 Å². The van der Waals surface area contributed by atoms with Crippen molar-refractivity contribution in [3.8, 4) is 5.75 Å². The van der Waals surface area contributed by atoms with Crippen LogP contribution >= 0.6 is 0 Å². The molecule has 1 heterocycles. The van der Waals surface area contributed by atoms with Crippen molar-refractivity contribution in [3.63, 3.8) is 0 Å². The molecule has 1 amide bonds. The van der Waals surface area contributed by atoms with E-state index in [4.69, 9.17) is 4.74 Å². The van der Waals surface area contributed by atoms with Gasteiger partial charge < -0.3 is 15.0 Å². The van der Waals surface area contributed by atoms with E-state index in [-0.39, 0.29) is 11.9 Å². The summed E-state index contributed by atoms with van der Waals surface area (Å²) in [5.74, 6) is 0.776. The van der Waals surface area contributed by atoms with E-state index < -0.39 is 0 Å². The number of quaternary nitrogens is 1. The highest BCUT2D eigenvalue weighted by molar-refractivity contribution is 5.94. The molecule has 1 atom stereocenters. The number of anilines is 1. The molecule has 0 bridgehead atoms. The zero-order valence-electron chi connectivity index (χ0n) is 11.7. The van der Waals surface area contributed by atoms with Crippen LogP contribution in [0.3, 0.4) is 0 Å². The Morgan fingerprint density at radius 1 is 1.26 bits per heavy atom. The third kappa shape index (κ3) is 3.47. The van der Waals surface area contributed by atoms with E-state index in [2.05, 4.69) is 5.32 Å². The number of methoxy groups -OCH3 is 1. The van der Waals surface area contributed by atoms with Gasteiger partial charge in [-0.2, -0.15) is 0 Å². The van der Waals surface area contributed by atoms with Crippen molar-refractivity contribution in [2.24, 2.45) is 0 Å². The fraction of sp³-hybridized carbons (Fsp3) is 0.533. The summed E-state index contributed by atoms with van der Waals surface area (Å²) in [5.41, 5.74) is 0.748. The average Bonchev–Trinajstić information content (AvgIpc) is 2.48. The third-order valence-electron chi connectivity index (χ3n) is 3.87. The monoisotopic (exact) mass is 263 g/mol. The van der Waals surface area contributed by atoms with Crippen molar-refractivity contribution in [1.82, 2.24) is 0 Å². The van der Waals surface area contributed by atoms with Gasteiger partial charge in [0.2, 0.25) is 0 Å². The number of ether oxygens (including phenoxy) is 1. The van der Waals surface area contributed by atoms with Crippen LogP contribution in [-0.2, 0) is 4.79 Å². The number of likely N-dealkylation sites (tertiary alicyclic amines) is 1. The van der Waals surface area contributed by atoms with Gasteiger partial charge >= 0.3 is 0 Å². The summed E-state index contributed by atoms with van der Waals surface area (Å²) < 4.78 is 5.25. The van der Waals surface area contributed by atoms with E-state index in [0.717, 1.165) is 18.8 Å². The Morgan fingerprint density at radius 2 is 1.95 bits per heavy atom. The van der Waals surface area contributed by atoms with Crippen LogP contribution in [-0.4, -0.2) is 32.1 Å². The Morgan fingerprint density at radius 3 is 2.63 bits per heavy atom. The Bertz CT molecular complexity index is 428. The standard InChI is InChI=1S/C15H22N2O2/c1-12(17-10-6-3-7-11-17)15(18)16-13-8-4-5-9-14(13)19-2/h4-5,8-9,12H,3,6-7,10-11H2,1-2H3,(H,16,18)/p+1/t12-/m0/s1. The molecule has 1 aromatic rings. The molecular weight excluding hydrogens is 240 g/mol. The van der Waals surface area contributed by atoms with Crippen LogP contribution in [0.15, 0.2) is 24.3 Å². The molecule has 0 saturated carbocycles. The molecule has 4 nitrogen and oxygen atoms in total. The lowest BCUT2D eigenvalue weighted by Gasteiger charge is -2.28. The molecule has 1 aliphatic rings. The van der Waals surface area contributed by atoms with Gasteiger partial charge in [-0.05, 0) is 38.3 Å². The first kappa shape index (κ1) is 13.9. The summed E-state index contributed by atoms with van der Waals surface area (Å²) in [5, 5.41) is 2.97. The van der Waals surface area contributed by atoms with E-state index in [9.17, 15) is 4.79 Å². The lowest BCUT2D eigenvalue weighted by Crippen LogP contribution is -3.17. The molecule has 0 radical (unpaired) electrons. The molecule has 104 valence electrons. The molecule has 1 aromatic carbocycles. The van der Waals surface area contributed by atoms with Gasteiger partial charge in [0, 0.05) is 0 Å². The van der Waals surface area contributed by atoms with Crippen LogP contribution in [0.25, 0.3) is 0 Å². The Kier molecular flexibility index (Phi) is 4.80. The molecule has 1 fully saturated rings. The maximum absolute atomic E-state index is 12.3. The molecule has 0 unspecified atom stereocenters. The number of nitrogens with one attached hydrogen (secondary N) is 2. The lowest BCUT2D eigenvalue weighted by atomic mass is 10.1. The van der Waals surface area contributed by atoms with Crippen molar-refractivity contribution >= 4 is 11.6 Å². The molecule has 0 aromatic heterocycles. The van der Waals surface area contributed by atoms with Gasteiger partial charge in [-0.1, -0.05) is 12.1 Å². The molecular formula is C15H23N2O2+. The summed E-state index contributed by atoms with van der Waals surface area (Å²) in [7, 11) is 1.62. The maximum atomic E-state index is 12.3. The largest absolute Gasteiger partial charge is 0.495 e. The second-order valence-electron chi connectivity index (χ2n) is 5.13. The number of rotatable bonds is 4. The van der Waals surface area contributed by atoms with Crippen molar-refractivity contribution in [3.05, 3.63) is 24.3 Å². The summed E-state index contributed by atoms with van der Waals surface area (Å²) in [6.07, 6.45) is 3.74. The molecule has 2 rings (SSSR count). The first-order valence-corrected chi connectivity index (χ1v) is 7.01. The SMILES string of the molecule is COc1ccccc1NC(=O)[C@H](C)[NH+]1CCCCC1. The van der Waals surface area contributed by atoms with Crippen LogP contribution in [0.5, 0.6) is 5.75 Å². The second kappa shape index (κ2) is 6.57. The van der Waals surface area contributed by atoms with Gasteiger partial charge in [0.1, 0.15) is 5.75 Å². The zero-order chi connectivity index (χ0) is 13.7. The minimum absolute atomic E-state index is 0.00906. The van der Waals surface area contributed by atoms with Gasteiger partial charge in [-0.3, -0.25) is 4.79 Å². The van der Waals surface area contributed by atoms with Gasteiger partial charge in [0.25, 0.3) is 5.91 Å². The van der Waals surface area contributed by atoms with Crippen molar-refractivity contribution < 1.29 is 14.4 Å². The predicted molar refractivity (Wildman–Crippen MR) is 75.6 cm³/mol. The predicted octanol–water partition coefficient (Wildman–Crippen LogP) is 1.09. The molecule has 4 heteroatoms. The minimum atomic E-state index is -0.00906. The number of hydrogen-bond acceptors (Lipinski definition) is 2. The molecule has 19 heavy (non-hydrogen) atoms. The molecule has 2 N–H and O–H groups in total. The van der Waals surface area contributed by atoms with Gasteiger partial charge in [-0.15, -0.1) is 0 Å². The summed E-state index contributed by atoms with van der Waals surface area (Å²) in [6.45, 7) is 4.20. The molecule has 1 aliphatic heterocycles. The fourth-order valence-electron chi connectivity index (χ4n) is 2.61. The quantitative estimate of drug-likeness (QED) is 0.854. The van der Waals surface area contributed by atoms with E-state index >= 15 is 0 Å². The van der Waals surface area contributed by atoms with Crippen LogP contribution in [0.4, 0.5) is 5.69 Å². The first-order valence-electron chi connectivity index (χ1n) is 7.01. The smallest absolute Gasteiger partial charge is 0.282 e. The number of para-hydroxylation sites is 2. The topological polar surface area (TPSA) is 42.8 Å². The molecule has 0 aliphatic carbocycles. The van der Waals surface area contributed by atoms with E-state index in [1.807, 2.05) is 31.2 Å². The van der Waals surface area contributed by atoms with Gasteiger partial charge in [-0.25, -0.2) is 0 Å². The number of carbonyl (C=O) groups excluding carboxylic acids is 1. The fourth-order valence-corrected chi connectivity index (χ4v) is 2.61. The van der Waals surface area contributed by atoms with Crippen LogP contribution < -0.4 is 15.0 Å². The number of amides is 1. The number of hydrogen-bond donors (Lipinski definition) is 2. The van der Waals surface area contributed by atoms with Crippen LogP contribution in [0.2, 0.25) is 0 Å². The summed E-state index contributed by atoms with van der Waals surface area (Å²) >= 11 is 0. The number of benzene rings is 1. The Balaban J connectivity index is 1.99. The normalized spacial score (nSPS) is 17.8. The number of piperidine rings is 1. The average molecular weight is 263 g/mol. The zero-order valence-corrected chi connectivity index (χ0v) is 11.7. The molecule has 1 saturated heterocycles. The van der Waals surface area contributed by atoms with E-state index in [1.54, 1.807) is 7.11 Å². The second-order valence-corrected chi connectivity index (χ2v) is 5.13. The van der Waals surface area contributed by atoms with Crippen LogP contribution in [0, 0.1) is 0 Å².